The third kappa shape index (κ3) is 3.15. The molecule has 1 N–H and O–H groups in total. The van der Waals surface area contributed by atoms with Crippen LogP contribution in [0, 0.1) is 0 Å². The molecule has 4 nitrogen and oxygen atoms in total. The number of alkyl halides is 1. The molecular weight excluding hydrogens is 257 g/mol. The third-order valence-electron chi connectivity index (χ3n) is 4.08. The zero-order chi connectivity index (χ0) is 14.0. The van der Waals surface area contributed by atoms with Crippen LogP contribution in [0.15, 0.2) is 24.4 Å². The van der Waals surface area contributed by atoms with E-state index in [1.807, 2.05) is 18.2 Å². The Hall–Kier alpha value is -1.49. The molecule has 2 aliphatic rings. The fourth-order valence-electron chi connectivity index (χ4n) is 2.56. The monoisotopic (exact) mass is 277 g/mol. The Kier molecular flexibility index (Phi) is 3.70. The molecule has 0 spiro atoms. The molecule has 1 aromatic heterocycles. The Bertz CT molecular complexity index is 467. The van der Waals surface area contributed by atoms with Gasteiger partial charge in [-0.05, 0) is 25.0 Å². The molecular formula is C15H20FN3O. The van der Waals surface area contributed by atoms with E-state index in [1.165, 1.54) is 0 Å². The van der Waals surface area contributed by atoms with E-state index in [1.54, 1.807) is 6.20 Å². The highest BCUT2D eigenvalue weighted by Crippen LogP contribution is 2.29. The minimum Gasteiger partial charge on any atom is -0.351 e. The van der Waals surface area contributed by atoms with Gasteiger partial charge in [0.2, 0.25) is 0 Å². The number of hydrogen-bond acceptors (Lipinski definition) is 3. The normalized spacial score (nSPS) is 22.4. The number of carbonyl (C=O) groups is 1. The van der Waals surface area contributed by atoms with Gasteiger partial charge in [-0.3, -0.25) is 14.7 Å². The highest BCUT2D eigenvalue weighted by molar-refractivity contribution is 5.85. The van der Waals surface area contributed by atoms with E-state index < -0.39 is 11.6 Å². The van der Waals surface area contributed by atoms with Crippen molar-refractivity contribution >= 4 is 5.91 Å². The molecule has 1 aliphatic carbocycles. The van der Waals surface area contributed by atoms with Crippen LogP contribution >= 0.6 is 0 Å². The summed E-state index contributed by atoms with van der Waals surface area (Å²) in [5.74, 6) is -0.405. The van der Waals surface area contributed by atoms with Gasteiger partial charge in [0.15, 0.2) is 5.67 Å². The maximum absolute atomic E-state index is 14.6. The number of amides is 1. The Morgan fingerprint density at radius 1 is 1.40 bits per heavy atom. The molecule has 0 radical (unpaired) electrons. The lowest BCUT2D eigenvalue weighted by Crippen LogP contribution is -2.51. The fraction of sp³-hybridized carbons (Fsp3) is 0.600. The second kappa shape index (κ2) is 5.48. The first-order valence-corrected chi connectivity index (χ1v) is 7.28. The fourth-order valence-corrected chi connectivity index (χ4v) is 2.56. The zero-order valence-electron chi connectivity index (χ0n) is 11.5. The number of pyridine rings is 1. The summed E-state index contributed by atoms with van der Waals surface area (Å²) in [7, 11) is 0. The molecule has 108 valence electrons. The first-order valence-electron chi connectivity index (χ1n) is 7.28. The smallest absolute Gasteiger partial charge is 0.257 e. The van der Waals surface area contributed by atoms with E-state index in [4.69, 9.17) is 0 Å². The largest absolute Gasteiger partial charge is 0.351 e. The van der Waals surface area contributed by atoms with Gasteiger partial charge in [0.05, 0.1) is 5.69 Å². The lowest BCUT2D eigenvalue weighted by atomic mass is 9.92. The van der Waals surface area contributed by atoms with Crippen molar-refractivity contribution in [3.63, 3.8) is 0 Å². The van der Waals surface area contributed by atoms with Crippen LogP contribution in [0.3, 0.4) is 0 Å². The summed E-state index contributed by atoms with van der Waals surface area (Å²) in [5.41, 5.74) is -0.690. The van der Waals surface area contributed by atoms with Crippen molar-refractivity contribution < 1.29 is 9.18 Å². The summed E-state index contributed by atoms with van der Waals surface area (Å²) in [5, 5.41) is 2.78. The zero-order valence-corrected chi connectivity index (χ0v) is 11.5. The van der Waals surface area contributed by atoms with E-state index >= 15 is 0 Å². The van der Waals surface area contributed by atoms with Gasteiger partial charge in [0, 0.05) is 44.7 Å². The Morgan fingerprint density at radius 3 is 2.75 bits per heavy atom. The summed E-state index contributed by atoms with van der Waals surface area (Å²) in [4.78, 5) is 18.4. The van der Waals surface area contributed by atoms with Crippen LogP contribution in [-0.2, 0) is 11.3 Å². The highest BCUT2D eigenvalue weighted by Gasteiger charge is 2.43. The summed E-state index contributed by atoms with van der Waals surface area (Å²) >= 11 is 0. The summed E-state index contributed by atoms with van der Waals surface area (Å²) in [6, 6.07) is 6.03. The lowest BCUT2D eigenvalue weighted by molar-refractivity contribution is -0.136. The van der Waals surface area contributed by atoms with Crippen LogP contribution in [0.4, 0.5) is 4.39 Å². The molecule has 0 atom stereocenters. The Morgan fingerprint density at radius 2 is 2.15 bits per heavy atom. The predicted octanol–water partition coefficient (Wildman–Crippen LogP) is 1.66. The standard InChI is InChI=1S/C15H20FN3O/c16-15(14(20)18-12-4-5-12)6-9-19(10-7-15)11-13-3-1-2-8-17-13/h1-3,8,12H,4-7,9-11H2,(H,18,20). The van der Waals surface area contributed by atoms with E-state index in [9.17, 15) is 9.18 Å². The molecule has 20 heavy (non-hydrogen) atoms. The highest BCUT2D eigenvalue weighted by atomic mass is 19.1. The lowest BCUT2D eigenvalue weighted by Gasteiger charge is -2.35. The number of hydrogen-bond donors (Lipinski definition) is 1. The van der Waals surface area contributed by atoms with Crippen LogP contribution in [-0.4, -0.2) is 40.6 Å². The molecule has 3 rings (SSSR count). The van der Waals surface area contributed by atoms with E-state index in [0.29, 0.717) is 13.1 Å². The molecule has 2 heterocycles. The van der Waals surface area contributed by atoms with Crippen molar-refractivity contribution in [2.45, 2.75) is 43.9 Å². The first-order chi connectivity index (χ1) is 9.66. The molecule has 0 unspecified atom stereocenters. The van der Waals surface area contributed by atoms with Crippen LogP contribution < -0.4 is 5.32 Å². The van der Waals surface area contributed by atoms with Crippen LogP contribution in [0.2, 0.25) is 0 Å². The summed E-state index contributed by atoms with van der Waals surface area (Å²) < 4.78 is 14.6. The van der Waals surface area contributed by atoms with Crippen LogP contribution in [0.25, 0.3) is 0 Å². The molecule has 0 bridgehead atoms. The van der Waals surface area contributed by atoms with Crippen molar-refractivity contribution in [2.24, 2.45) is 0 Å². The van der Waals surface area contributed by atoms with E-state index in [2.05, 4.69) is 15.2 Å². The van der Waals surface area contributed by atoms with Gasteiger partial charge in [-0.25, -0.2) is 4.39 Å². The molecule has 5 heteroatoms. The third-order valence-corrected chi connectivity index (χ3v) is 4.08. The molecule has 1 aromatic rings. The van der Waals surface area contributed by atoms with Gasteiger partial charge in [-0.15, -0.1) is 0 Å². The number of nitrogens with one attached hydrogen (secondary N) is 1. The summed E-state index contributed by atoms with van der Waals surface area (Å²) in [6.45, 7) is 1.93. The van der Waals surface area contributed by atoms with Crippen molar-refractivity contribution in [1.82, 2.24) is 15.2 Å². The minimum absolute atomic E-state index is 0.224. The number of nitrogens with zero attached hydrogens (tertiary/aromatic N) is 2. The van der Waals surface area contributed by atoms with Gasteiger partial charge < -0.3 is 5.32 Å². The Labute approximate surface area is 118 Å². The van der Waals surface area contributed by atoms with E-state index in [0.717, 1.165) is 25.1 Å². The average Bonchev–Trinajstić information content (AvgIpc) is 3.27. The SMILES string of the molecule is O=C(NC1CC1)C1(F)CCN(Cc2ccccn2)CC1. The second-order valence-corrected chi connectivity index (χ2v) is 5.81. The molecule has 1 aliphatic heterocycles. The van der Waals surface area contributed by atoms with Gasteiger partial charge in [-0.1, -0.05) is 6.07 Å². The molecule has 1 saturated heterocycles. The van der Waals surface area contributed by atoms with Crippen molar-refractivity contribution in [2.75, 3.05) is 13.1 Å². The minimum atomic E-state index is -1.68. The second-order valence-electron chi connectivity index (χ2n) is 5.81. The topological polar surface area (TPSA) is 45.2 Å². The maximum atomic E-state index is 14.6. The van der Waals surface area contributed by atoms with Crippen LogP contribution in [0.5, 0.6) is 0 Å². The number of carbonyl (C=O) groups excluding carboxylic acids is 1. The van der Waals surface area contributed by atoms with E-state index in [-0.39, 0.29) is 18.9 Å². The summed E-state index contributed by atoms with van der Waals surface area (Å²) in [6.07, 6.45) is 4.31. The number of aromatic nitrogens is 1. The van der Waals surface area contributed by atoms with Gasteiger partial charge in [-0.2, -0.15) is 0 Å². The van der Waals surface area contributed by atoms with Crippen molar-refractivity contribution in [3.05, 3.63) is 30.1 Å². The number of likely N-dealkylation sites (tertiary alicyclic amines) is 1. The number of piperidine rings is 1. The maximum Gasteiger partial charge on any atom is 0.257 e. The van der Waals surface area contributed by atoms with Crippen molar-refractivity contribution in [1.29, 1.82) is 0 Å². The number of halogens is 1. The van der Waals surface area contributed by atoms with Gasteiger partial charge in [0.1, 0.15) is 0 Å². The van der Waals surface area contributed by atoms with Gasteiger partial charge >= 0.3 is 0 Å². The van der Waals surface area contributed by atoms with Gasteiger partial charge in [0.25, 0.3) is 5.91 Å². The predicted molar refractivity (Wildman–Crippen MR) is 73.8 cm³/mol. The Balaban J connectivity index is 1.52. The molecule has 1 saturated carbocycles. The first kappa shape index (κ1) is 13.5. The molecule has 1 amide bonds. The van der Waals surface area contributed by atoms with Crippen molar-refractivity contribution in [3.8, 4) is 0 Å². The molecule has 0 aromatic carbocycles. The quantitative estimate of drug-likeness (QED) is 0.910. The average molecular weight is 277 g/mol. The van der Waals surface area contributed by atoms with Crippen LogP contribution in [0.1, 0.15) is 31.4 Å². The number of rotatable bonds is 4. The molecule has 2 fully saturated rings.